The molecule has 3 nitrogen and oxygen atoms in total. The molecule has 204 valence electrons. The molecule has 3 heteroatoms. The minimum absolute atomic E-state index is 0.239. The van der Waals surface area contributed by atoms with E-state index in [4.69, 9.17) is 16.2 Å². The van der Waals surface area contributed by atoms with Crippen LogP contribution < -0.4 is 16.2 Å². The van der Waals surface area contributed by atoms with Gasteiger partial charge in [0.25, 0.3) is 0 Å². The van der Waals surface area contributed by atoms with Crippen LogP contribution in [0.3, 0.4) is 0 Å². The molecule has 9 atom stereocenters. The molecular weight excluding hydrogens is 452 g/mol. The minimum Gasteiger partial charge on any atom is -0.488 e. The van der Waals surface area contributed by atoms with Gasteiger partial charge in [-0.25, -0.2) is 0 Å². The first-order valence-electron chi connectivity index (χ1n) is 15.3. The van der Waals surface area contributed by atoms with E-state index in [1.165, 1.54) is 56.9 Å². The van der Waals surface area contributed by atoms with Gasteiger partial charge in [-0.05, 0) is 143 Å². The molecule has 4 N–H and O–H groups in total. The van der Waals surface area contributed by atoms with Crippen LogP contribution in [0.15, 0.2) is 42.0 Å². The van der Waals surface area contributed by atoms with Crippen LogP contribution in [0, 0.1) is 46.3 Å². The molecule has 0 amide bonds. The maximum Gasteiger partial charge on any atom is 0.142 e. The summed E-state index contributed by atoms with van der Waals surface area (Å²) >= 11 is 0. The van der Waals surface area contributed by atoms with Gasteiger partial charge < -0.3 is 16.2 Å². The van der Waals surface area contributed by atoms with Crippen LogP contribution in [0.1, 0.15) is 98.8 Å². The largest absolute Gasteiger partial charge is 0.488 e. The van der Waals surface area contributed by atoms with E-state index in [0.717, 1.165) is 48.2 Å². The van der Waals surface area contributed by atoms with Crippen molar-refractivity contribution in [1.82, 2.24) is 0 Å². The molecule has 3 saturated carbocycles. The molecule has 0 heterocycles. The van der Waals surface area contributed by atoms with Gasteiger partial charge >= 0.3 is 0 Å². The average molecular weight is 505 g/mol. The second kappa shape index (κ2) is 10.3. The summed E-state index contributed by atoms with van der Waals surface area (Å²) in [4.78, 5) is 0. The first-order valence-corrected chi connectivity index (χ1v) is 15.3. The van der Waals surface area contributed by atoms with Crippen molar-refractivity contribution in [3.63, 3.8) is 0 Å². The van der Waals surface area contributed by atoms with Crippen molar-refractivity contribution in [3.8, 4) is 5.75 Å². The summed E-state index contributed by atoms with van der Waals surface area (Å²) in [5, 5.41) is 0. The van der Waals surface area contributed by atoms with Crippen molar-refractivity contribution in [3.05, 3.63) is 42.0 Å². The second-order valence-electron chi connectivity index (χ2n) is 13.7. The normalized spacial score (nSPS) is 39.3. The molecular formula is C34H52N2O. The van der Waals surface area contributed by atoms with Crippen LogP contribution in [0.25, 0.3) is 0 Å². The molecule has 9 unspecified atom stereocenters. The number of nitrogen functional groups attached to an aromatic ring is 2. The van der Waals surface area contributed by atoms with Crippen LogP contribution in [0.5, 0.6) is 5.75 Å². The van der Waals surface area contributed by atoms with E-state index in [0.29, 0.717) is 28.1 Å². The van der Waals surface area contributed by atoms with Gasteiger partial charge in [-0.2, -0.15) is 0 Å². The molecule has 37 heavy (non-hydrogen) atoms. The van der Waals surface area contributed by atoms with Gasteiger partial charge in [0.2, 0.25) is 0 Å². The van der Waals surface area contributed by atoms with Crippen LogP contribution in [0.4, 0.5) is 11.4 Å². The monoisotopic (exact) mass is 504 g/mol. The maximum atomic E-state index is 6.47. The number of allylic oxidation sites excluding steroid dienone is 4. The van der Waals surface area contributed by atoms with Gasteiger partial charge in [-0.1, -0.05) is 44.6 Å². The lowest BCUT2D eigenvalue weighted by Gasteiger charge is -2.60. The molecule has 1 aromatic carbocycles. The Hall–Kier alpha value is -1.90. The molecule has 4 aliphatic rings. The predicted molar refractivity (Wildman–Crippen MR) is 157 cm³/mol. The molecule has 0 radical (unpaired) electrons. The van der Waals surface area contributed by atoms with Crippen LogP contribution in [0.2, 0.25) is 0 Å². The molecule has 1 aromatic rings. The quantitative estimate of drug-likeness (QED) is 0.288. The Kier molecular flexibility index (Phi) is 7.46. The number of fused-ring (bicyclic) bond motifs is 5. The third kappa shape index (κ3) is 4.74. The standard InChI is InChI=1S/C34H52N2O/c1-6-34-19-16-26(37-32-15-11-25(35)21-31(32)36)20-24(34)10-12-27-29-14-13-28(23(4)9-7-8-22(2)3)33(29,5)18-17-30(27)34/h8,10-12,15,21,23-24,26-30H,6-7,9,13-14,16-20,35-36H2,1-5H3. The van der Waals surface area contributed by atoms with E-state index in [-0.39, 0.29) is 6.10 Å². The van der Waals surface area contributed by atoms with Crippen molar-refractivity contribution in [1.29, 1.82) is 0 Å². The fraction of sp³-hybridized carbons (Fsp3) is 0.706. The molecule has 0 aromatic heterocycles. The van der Waals surface area contributed by atoms with Crippen molar-refractivity contribution < 1.29 is 4.74 Å². The zero-order valence-electron chi connectivity index (χ0n) is 24.1. The number of ether oxygens (including phenoxy) is 1. The topological polar surface area (TPSA) is 61.3 Å². The number of anilines is 2. The molecule has 4 aliphatic carbocycles. The van der Waals surface area contributed by atoms with Crippen LogP contribution in [-0.2, 0) is 0 Å². The van der Waals surface area contributed by atoms with E-state index in [1.807, 2.05) is 18.2 Å². The summed E-state index contributed by atoms with van der Waals surface area (Å²) < 4.78 is 6.47. The highest BCUT2D eigenvalue weighted by Gasteiger charge is 2.60. The molecule has 5 rings (SSSR count). The van der Waals surface area contributed by atoms with E-state index in [1.54, 1.807) is 0 Å². The van der Waals surface area contributed by atoms with Crippen molar-refractivity contribution in [2.75, 3.05) is 11.5 Å². The molecule has 0 spiro atoms. The van der Waals surface area contributed by atoms with E-state index >= 15 is 0 Å². The summed E-state index contributed by atoms with van der Waals surface area (Å²) in [6.45, 7) is 12.2. The zero-order valence-corrected chi connectivity index (χ0v) is 24.1. The average Bonchev–Trinajstić information content (AvgIpc) is 3.22. The maximum absolute atomic E-state index is 6.47. The van der Waals surface area contributed by atoms with Gasteiger partial charge in [0.1, 0.15) is 5.75 Å². The number of nitrogens with two attached hydrogens (primary N) is 2. The lowest BCUT2D eigenvalue weighted by atomic mass is 9.45. The predicted octanol–water partition coefficient (Wildman–Crippen LogP) is 8.81. The van der Waals surface area contributed by atoms with Gasteiger partial charge in [0.05, 0.1) is 11.8 Å². The van der Waals surface area contributed by atoms with E-state index < -0.39 is 0 Å². The lowest BCUT2D eigenvalue weighted by Crippen LogP contribution is -2.53. The second-order valence-corrected chi connectivity index (χ2v) is 13.7. The number of hydrogen-bond acceptors (Lipinski definition) is 3. The van der Waals surface area contributed by atoms with Crippen molar-refractivity contribution in [2.45, 2.75) is 105 Å². The first kappa shape index (κ1) is 26.7. The smallest absolute Gasteiger partial charge is 0.142 e. The fourth-order valence-electron chi connectivity index (χ4n) is 9.85. The van der Waals surface area contributed by atoms with E-state index in [9.17, 15) is 0 Å². The van der Waals surface area contributed by atoms with Gasteiger partial charge in [-0.3, -0.25) is 0 Å². The Morgan fingerprint density at radius 1 is 1.08 bits per heavy atom. The summed E-state index contributed by atoms with van der Waals surface area (Å²) in [6.07, 6.45) is 21.2. The van der Waals surface area contributed by atoms with Crippen LogP contribution in [-0.4, -0.2) is 6.10 Å². The van der Waals surface area contributed by atoms with E-state index in [2.05, 4.69) is 52.8 Å². The highest BCUT2D eigenvalue weighted by atomic mass is 16.5. The van der Waals surface area contributed by atoms with Crippen molar-refractivity contribution in [2.24, 2.45) is 46.3 Å². The Morgan fingerprint density at radius 2 is 1.89 bits per heavy atom. The molecule has 3 fully saturated rings. The summed E-state index contributed by atoms with van der Waals surface area (Å²) in [7, 11) is 0. The summed E-state index contributed by atoms with van der Waals surface area (Å²) in [5.41, 5.74) is 15.9. The Balaban J connectivity index is 1.31. The Labute approximate surface area is 226 Å². The number of hydrogen-bond donors (Lipinski definition) is 2. The number of rotatable bonds is 7. The first-order chi connectivity index (χ1) is 17.7. The van der Waals surface area contributed by atoms with Gasteiger partial charge in [0, 0.05) is 5.69 Å². The lowest BCUT2D eigenvalue weighted by molar-refractivity contribution is -0.0890. The zero-order chi connectivity index (χ0) is 26.4. The Bertz CT molecular complexity index is 1020. The van der Waals surface area contributed by atoms with Crippen LogP contribution >= 0.6 is 0 Å². The highest BCUT2D eigenvalue weighted by Crippen LogP contribution is 2.67. The highest BCUT2D eigenvalue weighted by molar-refractivity contribution is 5.60. The van der Waals surface area contributed by atoms with Crippen molar-refractivity contribution >= 4 is 11.4 Å². The number of benzene rings is 1. The Morgan fingerprint density at radius 3 is 2.62 bits per heavy atom. The SMILES string of the molecule is CCC12CCC(Oc3ccc(N)cc3N)CC1C=CC1C3CCC(C(C)CCC=C(C)C)C3(C)CCC12. The molecule has 0 aliphatic heterocycles. The third-order valence-electron chi connectivity index (χ3n) is 11.7. The molecule has 0 bridgehead atoms. The fourth-order valence-corrected chi connectivity index (χ4v) is 9.85. The minimum atomic E-state index is 0.239. The third-order valence-corrected chi connectivity index (χ3v) is 11.7. The van der Waals surface area contributed by atoms with Gasteiger partial charge in [-0.15, -0.1) is 0 Å². The summed E-state index contributed by atoms with van der Waals surface area (Å²) in [5.74, 6) is 5.62. The van der Waals surface area contributed by atoms with Gasteiger partial charge in [0.15, 0.2) is 0 Å². The molecule has 0 saturated heterocycles. The summed E-state index contributed by atoms with van der Waals surface area (Å²) in [6, 6.07) is 5.65.